The number of benzene rings is 2. The minimum Gasteiger partial charge on any atom is -0.490 e. The van der Waals surface area contributed by atoms with Crippen molar-refractivity contribution >= 4 is 0 Å². The van der Waals surface area contributed by atoms with E-state index < -0.39 is 12.0 Å². The predicted molar refractivity (Wildman–Crippen MR) is 116 cm³/mol. The molecule has 1 N–H and O–H groups in total. The molecule has 4 aliphatic rings. The second kappa shape index (κ2) is 7.37. The van der Waals surface area contributed by atoms with Crippen molar-refractivity contribution in [1.82, 2.24) is 5.32 Å². The molecule has 4 heterocycles. The fourth-order valence-electron chi connectivity index (χ4n) is 6.77. The maximum atomic E-state index is 13.0. The van der Waals surface area contributed by atoms with Gasteiger partial charge in [-0.15, -0.1) is 13.2 Å². The molecule has 6 rings (SSSR count). The first-order valence-electron chi connectivity index (χ1n) is 11.8. The third kappa shape index (κ3) is 3.43. The van der Waals surface area contributed by atoms with Crippen LogP contribution in [-0.4, -0.2) is 30.7 Å². The third-order valence-corrected chi connectivity index (χ3v) is 8.06. The predicted octanol–water partition coefficient (Wildman–Crippen LogP) is 5.59. The number of halogens is 3. The van der Waals surface area contributed by atoms with Gasteiger partial charge in [-0.05, 0) is 56.7 Å². The van der Waals surface area contributed by atoms with E-state index in [0.29, 0.717) is 24.8 Å². The third-order valence-electron chi connectivity index (χ3n) is 8.06. The number of hydrogen-bond acceptors (Lipinski definition) is 4. The Labute approximate surface area is 191 Å². The molecule has 0 aliphatic carbocycles. The van der Waals surface area contributed by atoms with Gasteiger partial charge in [0.15, 0.2) is 0 Å². The van der Waals surface area contributed by atoms with Crippen molar-refractivity contribution < 1.29 is 27.4 Å². The van der Waals surface area contributed by atoms with Gasteiger partial charge in [0.1, 0.15) is 17.6 Å². The summed E-state index contributed by atoms with van der Waals surface area (Å²) in [4.78, 5) is 0. The summed E-state index contributed by atoms with van der Waals surface area (Å²) in [5.74, 6) is 0.486. The highest BCUT2D eigenvalue weighted by Gasteiger charge is 2.62. The average molecular weight is 460 g/mol. The summed E-state index contributed by atoms with van der Waals surface area (Å²) in [6.07, 6.45) is 0.603. The summed E-state index contributed by atoms with van der Waals surface area (Å²) in [5.41, 5.74) is 2.11. The summed E-state index contributed by atoms with van der Waals surface area (Å²) >= 11 is 0. The average Bonchev–Trinajstić information content (AvgIpc) is 3.46. The molecule has 3 saturated heterocycles. The standard InChI is InChI=1S/C26H28F3NO3/c1-16-11-17-12-21(33-26(27,28)29)13-22(23(17)32-16)18-14-24(31-15-18)9-7-20-8-10-25(24,30-20)19-5-3-2-4-6-19/h2-6,12-13,16,18,20,30H,7-11,14-15H2,1H3/t16?,18-,20-,24-,25-/m1/s1. The van der Waals surface area contributed by atoms with Gasteiger partial charge in [0.2, 0.25) is 0 Å². The van der Waals surface area contributed by atoms with Crippen LogP contribution in [0.25, 0.3) is 0 Å². The molecule has 2 bridgehead atoms. The maximum absolute atomic E-state index is 13.0. The Morgan fingerprint density at radius 3 is 2.67 bits per heavy atom. The van der Waals surface area contributed by atoms with Crippen LogP contribution in [0.3, 0.4) is 0 Å². The van der Waals surface area contributed by atoms with Gasteiger partial charge in [-0.3, -0.25) is 0 Å². The second-order valence-electron chi connectivity index (χ2n) is 10.1. The van der Waals surface area contributed by atoms with Crippen LogP contribution in [0.5, 0.6) is 11.5 Å². The van der Waals surface area contributed by atoms with E-state index in [2.05, 4.69) is 34.3 Å². The minimum atomic E-state index is -4.73. The summed E-state index contributed by atoms with van der Waals surface area (Å²) in [7, 11) is 0. The molecule has 33 heavy (non-hydrogen) atoms. The fourth-order valence-corrected chi connectivity index (χ4v) is 6.77. The molecule has 1 unspecified atom stereocenters. The molecule has 4 aliphatic heterocycles. The topological polar surface area (TPSA) is 39.7 Å². The van der Waals surface area contributed by atoms with E-state index >= 15 is 0 Å². The van der Waals surface area contributed by atoms with Gasteiger partial charge in [-0.1, -0.05) is 30.3 Å². The van der Waals surface area contributed by atoms with E-state index in [4.69, 9.17) is 9.47 Å². The SMILES string of the molecule is CC1Cc2cc(OC(F)(F)F)cc([C@H]3CO[C@]4(CC[C@@H]5CC[C@]4(c4ccccc4)N5)C3)c2O1. The molecule has 1 spiro atoms. The highest BCUT2D eigenvalue weighted by Crippen LogP contribution is 2.58. The molecule has 3 fully saturated rings. The molecular weight excluding hydrogens is 431 g/mol. The molecule has 7 heteroatoms. The molecule has 2 aromatic carbocycles. The fraction of sp³-hybridized carbons (Fsp3) is 0.538. The Morgan fingerprint density at radius 1 is 1.09 bits per heavy atom. The molecule has 0 radical (unpaired) electrons. The van der Waals surface area contributed by atoms with Crippen molar-refractivity contribution in [3.63, 3.8) is 0 Å². The van der Waals surface area contributed by atoms with Crippen LogP contribution in [0.15, 0.2) is 42.5 Å². The second-order valence-corrected chi connectivity index (χ2v) is 10.1. The van der Waals surface area contributed by atoms with Gasteiger partial charge in [-0.2, -0.15) is 0 Å². The van der Waals surface area contributed by atoms with Gasteiger partial charge >= 0.3 is 6.36 Å². The first-order valence-corrected chi connectivity index (χ1v) is 11.8. The first-order chi connectivity index (χ1) is 15.8. The van der Waals surface area contributed by atoms with E-state index in [0.717, 1.165) is 43.2 Å². The van der Waals surface area contributed by atoms with Crippen LogP contribution in [-0.2, 0) is 16.7 Å². The lowest BCUT2D eigenvalue weighted by Crippen LogP contribution is -2.61. The number of rotatable bonds is 3. The zero-order valence-electron chi connectivity index (χ0n) is 18.6. The normalized spacial score (nSPS) is 35.0. The van der Waals surface area contributed by atoms with E-state index in [1.54, 1.807) is 0 Å². The van der Waals surface area contributed by atoms with E-state index in [-0.39, 0.29) is 23.3 Å². The zero-order valence-corrected chi connectivity index (χ0v) is 18.6. The Kier molecular flexibility index (Phi) is 4.76. The molecule has 0 amide bonds. The molecule has 4 nitrogen and oxygen atoms in total. The van der Waals surface area contributed by atoms with Crippen LogP contribution in [0.1, 0.15) is 61.6 Å². The minimum absolute atomic E-state index is 0.0552. The van der Waals surface area contributed by atoms with Gasteiger partial charge in [-0.25, -0.2) is 0 Å². The van der Waals surface area contributed by atoms with Crippen LogP contribution < -0.4 is 14.8 Å². The summed E-state index contributed by atoms with van der Waals surface area (Å²) in [6, 6.07) is 13.9. The van der Waals surface area contributed by atoms with E-state index in [9.17, 15) is 13.2 Å². The van der Waals surface area contributed by atoms with Crippen molar-refractivity contribution in [3.8, 4) is 11.5 Å². The first kappa shape index (κ1) is 21.3. The lowest BCUT2D eigenvalue weighted by Gasteiger charge is -2.50. The Hall–Kier alpha value is -2.25. The van der Waals surface area contributed by atoms with Gasteiger partial charge in [0, 0.05) is 29.5 Å². The van der Waals surface area contributed by atoms with Crippen molar-refractivity contribution in [2.45, 2.75) is 81.0 Å². The van der Waals surface area contributed by atoms with Crippen molar-refractivity contribution in [3.05, 3.63) is 59.2 Å². The summed E-state index contributed by atoms with van der Waals surface area (Å²) < 4.78 is 56.1. The van der Waals surface area contributed by atoms with E-state index in [1.165, 1.54) is 17.7 Å². The monoisotopic (exact) mass is 459 g/mol. The largest absolute Gasteiger partial charge is 0.573 e. The molecule has 0 aromatic heterocycles. The number of nitrogens with one attached hydrogen (secondary N) is 1. The number of piperidine rings is 1. The Bertz CT molecular complexity index is 1060. The van der Waals surface area contributed by atoms with Gasteiger partial charge < -0.3 is 19.5 Å². The number of ether oxygens (including phenoxy) is 3. The van der Waals surface area contributed by atoms with Crippen molar-refractivity contribution in [1.29, 1.82) is 0 Å². The van der Waals surface area contributed by atoms with Gasteiger partial charge in [0.05, 0.1) is 17.7 Å². The molecule has 5 atom stereocenters. The maximum Gasteiger partial charge on any atom is 0.573 e. The summed E-state index contributed by atoms with van der Waals surface area (Å²) in [6.45, 7) is 2.40. The smallest absolute Gasteiger partial charge is 0.490 e. The molecule has 2 aromatic rings. The quantitative estimate of drug-likeness (QED) is 0.649. The van der Waals surface area contributed by atoms with Crippen LogP contribution in [0, 0.1) is 0 Å². The Balaban J connectivity index is 1.38. The Morgan fingerprint density at radius 2 is 1.88 bits per heavy atom. The highest BCUT2D eigenvalue weighted by molar-refractivity contribution is 5.52. The van der Waals surface area contributed by atoms with Crippen molar-refractivity contribution in [2.75, 3.05) is 6.61 Å². The van der Waals surface area contributed by atoms with E-state index in [1.807, 2.05) is 13.0 Å². The molecule has 0 saturated carbocycles. The highest BCUT2D eigenvalue weighted by atomic mass is 19.4. The molecule has 176 valence electrons. The van der Waals surface area contributed by atoms with Gasteiger partial charge in [0.25, 0.3) is 0 Å². The number of alkyl halides is 3. The lowest BCUT2D eigenvalue weighted by atomic mass is 9.67. The van der Waals surface area contributed by atoms with Crippen LogP contribution in [0.4, 0.5) is 13.2 Å². The molecular formula is C26H28F3NO3. The van der Waals surface area contributed by atoms with Crippen LogP contribution in [0.2, 0.25) is 0 Å². The van der Waals surface area contributed by atoms with Crippen LogP contribution >= 0.6 is 0 Å². The van der Waals surface area contributed by atoms with Crippen molar-refractivity contribution in [2.24, 2.45) is 0 Å². The number of hydrogen-bond donors (Lipinski definition) is 1. The number of fused-ring (bicyclic) bond motifs is 4. The lowest BCUT2D eigenvalue weighted by molar-refractivity contribution is -0.274. The zero-order chi connectivity index (χ0) is 22.8. The summed E-state index contributed by atoms with van der Waals surface area (Å²) in [5, 5.41) is 3.90.